The van der Waals surface area contributed by atoms with E-state index in [0.29, 0.717) is 0 Å². The van der Waals surface area contributed by atoms with Crippen molar-refractivity contribution < 1.29 is 22.2 Å². The molecule has 1 aromatic carbocycles. The zero-order chi connectivity index (χ0) is 14.8. The van der Waals surface area contributed by atoms with Crippen molar-refractivity contribution >= 4 is 16.1 Å². The van der Waals surface area contributed by atoms with Crippen LogP contribution in [0, 0.1) is 0 Å². The molecule has 5 nitrogen and oxygen atoms in total. The highest BCUT2D eigenvalue weighted by atomic mass is 32.3. The Bertz CT molecular complexity index is 575. The van der Waals surface area contributed by atoms with Gasteiger partial charge in [-0.15, -0.1) is 3.89 Å². The highest BCUT2D eigenvalue weighted by Gasteiger charge is 2.41. The first kappa shape index (κ1) is 14.9. The average Bonchev–Trinajstić information content (AvgIpc) is 2.79. The maximum atomic E-state index is 13.0. The fourth-order valence-corrected chi connectivity index (χ4v) is 3.17. The lowest BCUT2D eigenvalue weighted by molar-refractivity contribution is -0.130. The van der Waals surface area contributed by atoms with Gasteiger partial charge in [0.1, 0.15) is 5.25 Å². The normalized spacial score (nSPS) is 21.2. The van der Waals surface area contributed by atoms with Gasteiger partial charge in [0.15, 0.2) is 0 Å². The largest absolute Gasteiger partial charge is 0.396 e. The van der Waals surface area contributed by atoms with E-state index in [1.807, 2.05) is 6.07 Å². The van der Waals surface area contributed by atoms with Crippen LogP contribution >= 0.6 is 0 Å². The van der Waals surface area contributed by atoms with Crippen LogP contribution in [-0.2, 0) is 15.0 Å². The van der Waals surface area contributed by atoms with E-state index in [-0.39, 0.29) is 26.0 Å². The minimum atomic E-state index is -4.72. The lowest BCUT2D eigenvalue weighted by Gasteiger charge is -2.28. The Hall–Kier alpha value is -1.47. The molecule has 1 saturated heterocycles. The summed E-state index contributed by atoms with van der Waals surface area (Å²) in [6.45, 7) is -0.312. The first-order valence-corrected chi connectivity index (χ1v) is 7.77. The van der Waals surface area contributed by atoms with Gasteiger partial charge in [-0.3, -0.25) is 4.79 Å². The second kappa shape index (κ2) is 5.88. The molecule has 0 bridgehead atoms. The number of halogens is 1. The Morgan fingerprint density at radius 1 is 1.35 bits per heavy atom. The fourth-order valence-electron chi connectivity index (χ4n) is 2.49. The molecule has 1 heterocycles. The molecule has 7 heteroatoms. The van der Waals surface area contributed by atoms with Crippen molar-refractivity contribution in [2.75, 3.05) is 13.2 Å². The summed E-state index contributed by atoms with van der Waals surface area (Å²) >= 11 is 0. The van der Waals surface area contributed by atoms with Crippen molar-refractivity contribution in [3.8, 4) is 0 Å². The zero-order valence-corrected chi connectivity index (χ0v) is 11.6. The molecule has 2 rings (SSSR count). The SMILES string of the molecule is O=C1CC(S(=O)(=O)F)CN1C(CCO)c1ccccc1. The number of aliphatic hydroxyl groups is 1. The van der Waals surface area contributed by atoms with Crippen LogP contribution in [0.15, 0.2) is 30.3 Å². The van der Waals surface area contributed by atoms with Crippen molar-refractivity contribution in [3.63, 3.8) is 0 Å². The Morgan fingerprint density at radius 3 is 2.50 bits per heavy atom. The van der Waals surface area contributed by atoms with Crippen LogP contribution < -0.4 is 0 Å². The van der Waals surface area contributed by atoms with Gasteiger partial charge in [-0.2, -0.15) is 8.42 Å². The molecule has 1 N–H and O–H groups in total. The number of hydrogen-bond acceptors (Lipinski definition) is 4. The Labute approximate surface area is 117 Å². The van der Waals surface area contributed by atoms with E-state index in [9.17, 15) is 17.1 Å². The summed E-state index contributed by atoms with van der Waals surface area (Å²) in [6.07, 6.45) is -0.0532. The topological polar surface area (TPSA) is 74.7 Å². The maximum absolute atomic E-state index is 13.0. The van der Waals surface area contributed by atoms with Gasteiger partial charge in [0.25, 0.3) is 0 Å². The second-order valence-corrected chi connectivity index (χ2v) is 6.40. The molecule has 0 saturated carbocycles. The van der Waals surface area contributed by atoms with Crippen molar-refractivity contribution in [3.05, 3.63) is 35.9 Å². The van der Waals surface area contributed by atoms with Crippen LogP contribution in [-0.4, -0.2) is 42.7 Å². The molecule has 20 heavy (non-hydrogen) atoms. The van der Waals surface area contributed by atoms with E-state index in [0.717, 1.165) is 5.56 Å². The molecule has 0 aliphatic carbocycles. The van der Waals surface area contributed by atoms with Gasteiger partial charge < -0.3 is 10.0 Å². The third kappa shape index (κ3) is 3.16. The zero-order valence-electron chi connectivity index (χ0n) is 10.8. The molecular weight excluding hydrogens is 285 g/mol. The number of carbonyl (C=O) groups excluding carboxylic acids is 1. The Morgan fingerprint density at radius 2 is 2.00 bits per heavy atom. The number of benzene rings is 1. The second-order valence-electron chi connectivity index (χ2n) is 4.79. The molecule has 0 spiro atoms. The Balaban J connectivity index is 2.25. The molecule has 1 amide bonds. The average molecular weight is 301 g/mol. The van der Waals surface area contributed by atoms with E-state index in [1.54, 1.807) is 24.3 Å². The predicted molar refractivity (Wildman–Crippen MR) is 71.0 cm³/mol. The highest BCUT2D eigenvalue weighted by Crippen LogP contribution is 2.31. The fraction of sp³-hybridized carbons (Fsp3) is 0.462. The summed E-state index contributed by atoms with van der Waals surface area (Å²) in [5.74, 6) is -0.404. The summed E-state index contributed by atoms with van der Waals surface area (Å²) in [5, 5.41) is 7.83. The van der Waals surface area contributed by atoms with Gasteiger partial charge in [0.2, 0.25) is 5.91 Å². The number of rotatable bonds is 5. The third-order valence-electron chi connectivity index (χ3n) is 3.48. The summed E-state index contributed by atoms with van der Waals surface area (Å²) in [6, 6.07) is 8.57. The van der Waals surface area contributed by atoms with Gasteiger partial charge in [0.05, 0.1) is 6.04 Å². The van der Waals surface area contributed by atoms with Crippen molar-refractivity contribution in [1.82, 2.24) is 4.90 Å². The van der Waals surface area contributed by atoms with Crippen LogP contribution in [0.5, 0.6) is 0 Å². The molecule has 1 aliphatic heterocycles. The smallest absolute Gasteiger partial charge is 0.307 e. The molecule has 0 radical (unpaired) electrons. The van der Waals surface area contributed by atoms with Crippen LogP contribution in [0.2, 0.25) is 0 Å². The van der Waals surface area contributed by atoms with Gasteiger partial charge >= 0.3 is 10.2 Å². The molecule has 1 aromatic rings. The van der Waals surface area contributed by atoms with Crippen LogP contribution in [0.1, 0.15) is 24.4 Å². The van der Waals surface area contributed by atoms with E-state index in [2.05, 4.69) is 0 Å². The van der Waals surface area contributed by atoms with E-state index < -0.39 is 27.4 Å². The predicted octanol–water partition coefficient (Wildman–Crippen LogP) is 1.01. The molecule has 2 unspecified atom stereocenters. The monoisotopic (exact) mass is 301 g/mol. The molecular formula is C13H16FNO4S. The molecule has 1 aliphatic rings. The van der Waals surface area contributed by atoms with E-state index in [1.165, 1.54) is 4.90 Å². The minimum Gasteiger partial charge on any atom is -0.396 e. The summed E-state index contributed by atoms with van der Waals surface area (Å²) < 4.78 is 34.9. The number of amides is 1. The first-order chi connectivity index (χ1) is 9.43. The molecule has 2 atom stereocenters. The summed E-state index contributed by atoms with van der Waals surface area (Å²) in [7, 11) is -4.72. The van der Waals surface area contributed by atoms with Gasteiger partial charge in [-0.05, 0) is 12.0 Å². The number of likely N-dealkylation sites (tertiary alicyclic amines) is 1. The third-order valence-corrected chi connectivity index (χ3v) is 4.60. The van der Waals surface area contributed by atoms with Gasteiger partial charge in [0, 0.05) is 19.6 Å². The Kier molecular flexibility index (Phi) is 4.39. The quantitative estimate of drug-likeness (QED) is 0.824. The lowest BCUT2D eigenvalue weighted by Crippen LogP contribution is -2.32. The van der Waals surface area contributed by atoms with Crippen LogP contribution in [0.3, 0.4) is 0 Å². The van der Waals surface area contributed by atoms with Crippen molar-refractivity contribution in [2.45, 2.75) is 24.1 Å². The highest BCUT2D eigenvalue weighted by molar-refractivity contribution is 7.87. The first-order valence-electron chi connectivity index (χ1n) is 6.32. The summed E-state index contributed by atoms with van der Waals surface area (Å²) in [5.41, 5.74) is 0.798. The number of carbonyl (C=O) groups is 1. The lowest BCUT2D eigenvalue weighted by atomic mass is 10.0. The van der Waals surface area contributed by atoms with Crippen molar-refractivity contribution in [1.29, 1.82) is 0 Å². The van der Waals surface area contributed by atoms with E-state index in [4.69, 9.17) is 5.11 Å². The van der Waals surface area contributed by atoms with Crippen molar-refractivity contribution in [2.24, 2.45) is 0 Å². The van der Waals surface area contributed by atoms with Crippen LogP contribution in [0.25, 0.3) is 0 Å². The summed E-state index contributed by atoms with van der Waals surface area (Å²) in [4.78, 5) is 13.3. The van der Waals surface area contributed by atoms with Crippen LogP contribution in [0.4, 0.5) is 3.89 Å². The number of hydrogen-bond donors (Lipinski definition) is 1. The molecule has 1 fully saturated rings. The molecule has 110 valence electrons. The molecule has 0 aromatic heterocycles. The number of nitrogens with zero attached hydrogens (tertiary/aromatic N) is 1. The van der Waals surface area contributed by atoms with Gasteiger partial charge in [-0.1, -0.05) is 30.3 Å². The number of aliphatic hydroxyl groups excluding tert-OH is 1. The minimum absolute atomic E-state index is 0.142. The van der Waals surface area contributed by atoms with E-state index >= 15 is 0 Å². The van der Waals surface area contributed by atoms with Gasteiger partial charge in [-0.25, -0.2) is 0 Å². The maximum Gasteiger partial charge on any atom is 0.307 e. The standard InChI is InChI=1S/C13H16FNO4S/c14-20(18,19)11-8-13(17)15(9-11)12(6-7-16)10-4-2-1-3-5-10/h1-5,11-12,16H,6-9H2.